The summed E-state index contributed by atoms with van der Waals surface area (Å²) in [5.74, 6) is 0. The number of carbonyl (C=O) groups excluding carboxylic acids is 1. The third-order valence-electron chi connectivity index (χ3n) is 6.21. The number of nitrogens with zero attached hydrogens (tertiary/aromatic N) is 1. The highest BCUT2D eigenvalue weighted by molar-refractivity contribution is 5.70. The van der Waals surface area contributed by atoms with Gasteiger partial charge in [-0.05, 0) is 60.0 Å². The Morgan fingerprint density at radius 3 is 2.06 bits per heavy atom. The first-order valence-electron chi connectivity index (χ1n) is 13.0. The molecule has 0 radical (unpaired) electrons. The lowest BCUT2D eigenvalue weighted by Gasteiger charge is -2.36. The lowest BCUT2D eigenvalue weighted by Crippen LogP contribution is -2.53. The van der Waals surface area contributed by atoms with Gasteiger partial charge in [0.15, 0.2) is 0 Å². The summed E-state index contributed by atoms with van der Waals surface area (Å²) < 4.78 is 11.4. The van der Waals surface area contributed by atoms with Gasteiger partial charge in [0.2, 0.25) is 0 Å². The number of amides is 1. The summed E-state index contributed by atoms with van der Waals surface area (Å²) in [6.45, 7) is 13.7. The van der Waals surface area contributed by atoms with Gasteiger partial charge >= 0.3 is 6.09 Å². The molecule has 188 valence electrons. The van der Waals surface area contributed by atoms with Gasteiger partial charge in [-0.1, -0.05) is 77.2 Å². The van der Waals surface area contributed by atoms with E-state index in [-0.39, 0.29) is 0 Å². The molecule has 5 nitrogen and oxygen atoms in total. The van der Waals surface area contributed by atoms with Crippen molar-refractivity contribution in [3.05, 3.63) is 11.6 Å². The summed E-state index contributed by atoms with van der Waals surface area (Å²) in [6.07, 6.45) is 16.5. The molecule has 0 unspecified atom stereocenters. The average molecular weight is 454 g/mol. The molecule has 1 amide bonds. The number of aliphatic hydroxyl groups excluding tert-OH is 1. The number of unbranched alkanes of at least 4 members (excludes halogenated alkanes) is 11. The molecule has 5 heteroatoms. The average Bonchev–Trinajstić information content (AvgIpc) is 3.01. The molecule has 0 aliphatic carbocycles. The number of hydrogen-bond donors (Lipinski definition) is 1. The van der Waals surface area contributed by atoms with Crippen LogP contribution in [0.5, 0.6) is 0 Å². The van der Waals surface area contributed by atoms with E-state index in [2.05, 4.69) is 13.0 Å². The molecule has 2 atom stereocenters. The predicted molar refractivity (Wildman–Crippen MR) is 133 cm³/mol. The summed E-state index contributed by atoms with van der Waals surface area (Å²) in [4.78, 5) is 14.3. The van der Waals surface area contributed by atoms with Crippen molar-refractivity contribution >= 4 is 6.09 Å². The van der Waals surface area contributed by atoms with Crippen LogP contribution in [0.25, 0.3) is 0 Å². The first kappa shape index (κ1) is 29.0. The molecule has 0 spiro atoms. The molecule has 0 saturated carbocycles. The van der Waals surface area contributed by atoms with Crippen LogP contribution >= 0.6 is 0 Å². The van der Waals surface area contributed by atoms with Crippen LogP contribution in [0.2, 0.25) is 0 Å². The molecule has 0 aromatic heterocycles. The second-order valence-corrected chi connectivity index (χ2v) is 10.9. The minimum atomic E-state index is -0.801. The van der Waals surface area contributed by atoms with Crippen molar-refractivity contribution in [3.8, 4) is 0 Å². The van der Waals surface area contributed by atoms with Gasteiger partial charge < -0.3 is 14.6 Å². The van der Waals surface area contributed by atoms with Gasteiger partial charge in [0, 0.05) is 0 Å². The first-order chi connectivity index (χ1) is 15.0. The van der Waals surface area contributed by atoms with Crippen molar-refractivity contribution in [2.45, 2.75) is 149 Å². The Kier molecular flexibility index (Phi) is 12.9. The van der Waals surface area contributed by atoms with Crippen molar-refractivity contribution in [2.75, 3.05) is 6.61 Å². The van der Waals surface area contributed by atoms with Crippen molar-refractivity contribution in [1.29, 1.82) is 0 Å². The Labute approximate surface area is 197 Å². The van der Waals surface area contributed by atoms with Gasteiger partial charge in [-0.3, -0.25) is 4.90 Å². The number of allylic oxidation sites excluding steroid dienone is 1. The van der Waals surface area contributed by atoms with Crippen LogP contribution in [-0.2, 0) is 9.47 Å². The van der Waals surface area contributed by atoms with E-state index in [4.69, 9.17) is 9.47 Å². The molecule has 0 aromatic rings. The zero-order chi connectivity index (χ0) is 24.2. The summed E-state index contributed by atoms with van der Waals surface area (Å²) in [7, 11) is 0. The number of hydrogen-bond acceptors (Lipinski definition) is 4. The fourth-order valence-electron chi connectivity index (χ4n) is 4.29. The van der Waals surface area contributed by atoms with Crippen LogP contribution in [0, 0.1) is 0 Å². The highest BCUT2D eigenvalue weighted by atomic mass is 16.6. The third kappa shape index (κ3) is 10.7. The Morgan fingerprint density at radius 1 is 1.06 bits per heavy atom. The lowest BCUT2D eigenvalue weighted by atomic mass is 10.0. The van der Waals surface area contributed by atoms with Gasteiger partial charge in [-0.2, -0.15) is 0 Å². The molecule has 0 aromatic carbocycles. The van der Waals surface area contributed by atoms with Gasteiger partial charge in [-0.25, -0.2) is 4.79 Å². The third-order valence-corrected chi connectivity index (χ3v) is 6.21. The Bertz CT molecular complexity index is 564. The largest absolute Gasteiger partial charge is 0.444 e. The lowest BCUT2D eigenvalue weighted by molar-refractivity contribution is -0.0664. The predicted octanol–water partition coefficient (Wildman–Crippen LogP) is 7.37. The van der Waals surface area contributed by atoms with Crippen LogP contribution < -0.4 is 0 Å². The molecule has 1 fully saturated rings. The van der Waals surface area contributed by atoms with Crippen molar-refractivity contribution in [1.82, 2.24) is 4.90 Å². The monoisotopic (exact) mass is 453 g/mol. The molecule has 1 N–H and O–H groups in total. The summed E-state index contributed by atoms with van der Waals surface area (Å²) in [5, 5.41) is 10.9. The number of ether oxygens (including phenoxy) is 2. The maximum atomic E-state index is 12.8. The SMILES string of the molecule is CCCCCCCCCCCCC/C=C(/C)[C@H](O)[C@H]1COC(C)(C)N1C(=O)OC(C)(C)C. The number of aliphatic hydroxyl groups is 1. The van der Waals surface area contributed by atoms with Crippen molar-refractivity contribution in [2.24, 2.45) is 0 Å². The maximum absolute atomic E-state index is 12.8. The van der Waals surface area contributed by atoms with Crippen LogP contribution in [0.15, 0.2) is 11.6 Å². The number of rotatable bonds is 14. The second kappa shape index (κ2) is 14.2. The Morgan fingerprint density at radius 2 is 1.56 bits per heavy atom. The smallest absolute Gasteiger partial charge is 0.413 e. The van der Waals surface area contributed by atoms with Gasteiger partial charge in [0.25, 0.3) is 0 Å². The molecule has 1 aliphatic heterocycles. The molecule has 1 aliphatic rings. The van der Waals surface area contributed by atoms with E-state index >= 15 is 0 Å². The van der Waals surface area contributed by atoms with Crippen molar-refractivity contribution < 1.29 is 19.4 Å². The van der Waals surface area contributed by atoms with Gasteiger partial charge in [0.05, 0.1) is 18.8 Å². The quantitative estimate of drug-likeness (QED) is 0.220. The van der Waals surface area contributed by atoms with E-state index < -0.39 is 29.6 Å². The fourth-order valence-corrected chi connectivity index (χ4v) is 4.29. The zero-order valence-corrected chi connectivity index (χ0v) is 22.0. The summed E-state index contributed by atoms with van der Waals surface area (Å²) in [6, 6.07) is -0.437. The fraction of sp³-hybridized carbons (Fsp3) is 0.889. The normalized spacial score (nSPS) is 19.9. The Hall–Kier alpha value is -1.07. The first-order valence-corrected chi connectivity index (χ1v) is 13.0. The maximum Gasteiger partial charge on any atom is 0.413 e. The van der Waals surface area contributed by atoms with E-state index in [1.54, 1.807) is 4.90 Å². The van der Waals surface area contributed by atoms with Crippen LogP contribution in [0.1, 0.15) is 126 Å². The van der Waals surface area contributed by atoms with Crippen LogP contribution in [-0.4, -0.2) is 46.2 Å². The van der Waals surface area contributed by atoms with Crippen LogP contribution in [0.4, 0.5) is 4.79 Å². The zero-order valence-electron chi connectivity index (χ0n) is 22.0. The summed E-state index contributed by atoms with van der Waals surface area (Å²) >= 11 is 0. The number of carbonyl (C=O) groups is 1. The Balaban J connectivity index is 2.37. The highest BCUT2D eigenvalue weighted by Gasteiger charge is 2.48. The van der Waals surface area contributed by atoms with E-state index in [1.807, 2.05) is 41.5 Å². The minimum Gasteiger partial charge on any atom is -0.444 e. The molecule has 1 rings (SSSR count). The van der Waals surface area contributed by atoms with E-state index in [0.29, 0.717) is 6.61 Å². The molecular weight excluding hydrogens is 402 g/mol. The summed E-state index contributed by atoms with van der Waals surface area (Å²) in [5.41, 5.74) is -0.493. The molecule has 0 bridgehead atoms. The highest BCUT2D eigenvalue weighted by Crippen LogP contribution is 2.32. The molecular formula is C27H51NO4. The van der Waals surface area contributed by atoms with Crippen molar-refractivity contribution in [3.63, 3.8) is 0 Å². The second-order valence-electron chi connectivity index (χ2n) is 10.9. The van der Waals surface area contributed by atoms with Gasteiger partial charge in [0.1, 0.15) is 11.3 Å². The van der Waals surface area contributed by atoms with E-state index in [1.165, 1.54) is 64.2 Å². The van der Waals surface area contributed by atoms with Crippen LogP contribution in [0.3, 0.4) is 0 Å². The standard InChI is InChI=1S/C27H51NO4/c1-8-9-10-11-12-13-14-15-16-17-18-19-20-22(2)24(29)23-21-31-27(6,7)28(23)25(30)32-26(3,4)5/h20,23-24,29H,8-19,21H2,1-7H3/b22-20-/t23-,24+/m1/s1. The molecule has 32 heavy (non-hydrogen) atoms. The van der Waals surface area contributed by atoms with E-state index in [0.717, 1.165) is 18.4 Å². The molecule has 1 saturated heterocycles. The minimum absolute atomic E-state index is 0.303. The van der Waals surface area contributed by atoms with E-state index in [9.17, 15) is 9.90 Å². The topological polar surface area (TPSA) is 59.0 Å². The van der Waals surface area contributed by atoms with Gasteiger partial charge in [-0.15, -0.1) is 0 Å². The molecule has 1 heterocycles.